The van der Waals surface area contributed by atoms with Gasteiger partial charge in [-0.15, -0.1) is 0 Å². The Balaban J connectivity index is 1.47. The Kier molecular flexibility index (Phi) is 8.71. The number of nitrogens with one attached hydrogen (secondary N) is 2. The van der Waals surface area contributed by atoms with Gasteiger partial charge in [-0.1, -0.05) is 42.5 Å². The fraction of sp³-hybridized carbons (Fsp3) is 0.435. The summed E-state index contributed by atoms with van der Waals surface area (Å²) in [6.45, 7) is 7.57. The molecule has 0 amide bonds. The van der Waals surface area contributed by atoms with Gasteiger partial charge in [-0.05, 0) is 56.1 Å². The number of hydrogen-bond donors (Lipinski definition) is 2. The van der Waals surface area contributed by atoms with Crippen LogP contribution in [0.2, 0.25) is 0 Å². The normalized spacial score (nSPS) is 16.0. The predicted octanol–water partition coefficient (Wildman–Crippen LogP) is 3.15. The Morgan fingerprint density at radius 2 is 1.69 bits per heavy atom. The maximum Gasteiger partial charge on any atom is 0.191 e. The molecule has 2 aromatic carbocycles. The van der Waals surface area contributed by atoms with Gasteiger partial charge < -0.3 is 10.6 Å². The SMILES string of the molecule is CCNC(=NCc1ccc(CN2CCCC2)cc1)NCCS(=O)c1ccccc1. The third-order valence-corrected chi connectivity index (χ3v) is 6.35. The molecule has 0 radical (unpaired) electrons. The average molecular weight is 413 g/mol. The van der Waals surface area contributed by atoms with E-state index in [1.165, 1.54) is 37.1 Å². The number of likely N-dealkylation sites (tertiary alicyclic amines) is 1. The number of guanidine groups is 1. The molecule has 1 heterocycles. The molecule has 156 valence electrons. The van der Waals surface area contributed by atoms with Gasteiger partial charge in [0.25, 0.3) is 0 Å². The van der Waals surface area contributed by atoms with Crippen molar-refractivity contribution in [3.05, 3.63) is 65.7 Å². The van der Waals surface area contributed by atoms with Crippen molar-refractivity contribution in [2.24, 2.45) is 4.99 Å². The lowest BCUT2D eigenvalue weighted by molar-refractivity contribution is 0.331. The van der Waals surface area contributed by atoms with Crippen molar-refractivity contribution in [3.63, 3.8) is 0 Å². The van der Waals surface area contributed by atoms with Gasteiger partial charge in [-0.3, -0.25) is 9.11 Å². The van der Waals surface area contributed by atoms with Gasteiger partial charge in [-0.2, -0.15) is 0 Å². The molecule has 1 aliphatic heterocycles. The fourth-order valence-corrected chi connectivity index (χ4v) is 4.40. The van der Waals surface area contributed by atoms with E-state index in [1.54, 1.807) is 0 Å². The van der Waals surface area contributed by atoms with Gasteiger partial charge in [0.15, 0.2) is 5.96 Å². The van der Waals surface area contributed by atoms with Crippen LogP contribution in [-0.2, 0) is 23.9 Å². The summed E-state index contributed by atoms with van der Waals surface area (Å²) < 4.78 is 12.3. The first kappa shape index (κ1) is 21.5. The van der Waals surface area contributed by atoms with Crippen molar-refractivity contribution in [2.45, 2.75) is 37.8 Å². The average Bonchev–Trinajstić information content (AvgIpc) is 3.26. The Hall–Kier alpha value is -2.18. The summed E-state index contributed by atoms with van der Waals surface area (Å²) in [6, 6.07) is 18.4. The fourth-order valence-electron chi connectivity index (χ4n) is 3.41. The van der Waals surface area contributed by atoms with Crippen LogP contribution < -0.4 is 10.6 Å². The maximum absolute atomic E-state index is 12.3. The molecule has 5 nitrogen and oxygen atoms in total. The van der Waals surface area contributed by atoms with Crippen molar-refractivity contribution in [1.82, 2.24) is 15.5 Å². The van der Waals surface area contributed by atoms with Crippen LogP contribution in [0.3, 0.4) is 0 Å². The first-order chi connectivity index (χ1) is 14.2. The zero-order valence-corrected chi connectivity index (χ0v) is 18.1. The number of rotatable bonds is 9. The van der Waals surface area contributed by atoms with Gasteiger partial charge in [0, 0.05) is 30.3 Å². The molecular formula is C23H32N4OS. The summed E-state index contributed by atoms with van der Waals surface area (Å²) in [5.74, 6) is 1.32. The Morgan fingerprint density at radius 3 is 2.38 bits per heavy atom. The number of aliphatic imine (C=N–C) groups is 1. The van der Waals surface area contributed by atoms with Gasteiger partial charge in [0.1, 0.15) is 0 Å². The van der Waals surface area contributed by atoms with Crippen LogP contribution in [0.15, 0.2) is 64.5 Å². The quantitative estimate of drug-likeness (QED) is 0.491. The molecule has 6 heteroatoms. The zero-order valence-electron chi connectivity index (χ0n) is 17.3. The molecule has 2 aromatic rings. The molecule has 2 N–H and O–H groups in total. The van der Waals surface area contributed by atoms with Crippen LogP contribution in [0.1, 0.15) is 30.9 Å². The lowest BCUT2D eigenvalue weighted by Gasteiger charge is -2.14. The predicted molar refractivity (Wildman–Crippen MR) is 121 cm³/mol. The molecule has 0 saturated carbocycles. The van der Waals surface area contributed by atoms with E-state index in [-0.39, 0.29) is 0 Å². The van der Waals surface area contributed by atoms with E-state index < -0.39 is 10.8 Å². The smallest absolute Gasteiger partial charge is 0.191 e. The third kappa shape index (κ3) is 7.29. The lowest BCUT2D eigenvalue weighted by atomic mass is 10.1. The topological polar surface area (TPSA) is 56.7 Å². The van der Waals surface area contributed by atoms with Crippen molar-refractivity contribution in [1.29, 1.82) is 0 Å². The van der Waals surface area contributed by atoms with Gasteiger partial charge in [0.2, 0.25) is 0 Å². The second-order valence-electron chi connectivity index (χ2n) is 7.28. The van der Waals surface area contributed by atoms with Crippen molar-refractivity contribution >= 4 is 16.8 Å². The van der Waals surface area contributed by atoms with E-state index in [0.29, 0.717) is 18.8 Å². The Morgan fingerprint density at radius 1 is 1.00 bits per heavy atom. The second kappa shape index (κ2) is 11.7. The maximum atomic E-state index is 12.3. The molecule has 0 aliphatic carbocycles. The minimum absolute atomic E-state index is 0.555. The molecule has 29 heavy (non-hydrogen) atoms. The molecule has 1 atom stereocenters. The second-order valence-corrected chi connectivity index (χ2v) is 8.86. The minimum Gasteiger partial charge on any atom is -0.357 e. The van der Waals surface area contributed by atoms with E-state index in [2.05, 4.69) is 44.8 Å². The highest BCUT2D eigenvalue weighted by atomic mass is 32.2. The highest BCUT2D eigenvalue weighted by Gasteiger charge is 2.11. The third-order valence-electron chi connectivity index (χ3n) is 4.98. The molecule has 3 rings (SSSR count). The molecular weight excluding hydrogens is 380 g/mol. The number of hydrogen-bond acceptors (Lipinski definition) is 3. The first-order valence-electron chi connectivity index (χ1n) is 10.5. The van der Waals surface area contributed by atoms with Crippen LogP contribution in [-0.4, -0.2) is 47.0 Å². The van der Waals surface area contributed by atoms with Crippen molar-refractivity contribution in [2.75, 3.05) is 31.9 Å². The van der Waals surface area contributed by atoms with E-state index >= 15 is 0 Å². The van der Waals surface area contributed by atoms with E-state index in [0.717, 1.165) is 23.9 Å². The van der Waals surface area contributed by atoms with Crippen LogP contribution >= 0.6 is 0 Å². The number of benzene rings is 2. The molecule has 1 fully saturated rings. The van der Waals surface area contributed by atoms with Gasteiger partial charge in [-0.25, -0.2) is 4.99 Å². The van der Waals surface area contributed by atoms with E-state index in [1.807, 2.05) is 37.3 Å². The molecule has 1 unspecified atom stereocenters. The molecule has 1 saturated heterocycles. The monoisotopic (exact) mass is 412 g/mol. The first-order valence-corrected chi connectivity index (χ1v) is 11.8. The Labute approximate surface area is 177 Å². The van der Waals surface area contributed by atoms with Crippen LogP contribution in [0, 0.1) is 0 Å². The molecule has 0 bridgehead atoms. The van der Waals surface area contributed by atoms with Crippen molar-refractivity contribution < 1.29 is 4.21 Å². The van der Waals surface area contributed by atoms with Gasteiger partial charge in [0.05, 0.1) is 17.3 Å². The largest absolute Gasteiger partial charge is 0.357 e. The van der Waals surface area contributed by atoms with Crippen molar-refractivity contribution in [3.8, 4) is 0 Å². The summed E-state index contributed by atoms with van der Waals surface area (Å²) in [6.07, 6.45) is 2.65. The summed E-state index contributed by atoms with van der Waals surface area (Å²) in [5.41, 5.74) is 2.56. The molecule has 0 spiro atoms. The van der Waals surface area contributed by atoms with E-state index in [9.17, 15) is 4.21 Å². The highest BCUT2D eigenvalue weighted by Crippen LogP contribution is 2.13. The summed E-state index contributed by atoms with van der Waals surface area (Å²) in [4.78, 5) is 8.05. The summed E-state index contributed by atoms with van der Waals surface area (Å²) in [7, 11) is -0.998. The minimum atomic E-state index is -0.998. The van der Waals surface area contributed by atoms with Crippen LogP contribution in [0.5, 0.6) is 0 Å². The van der Waals surface area contributed by atoms with Crippen LogP contribution in [0.25, 0.3) is 0 Å². The van der Waals surface area contributed by atoms with E-state index in [4.69, 9.17) is 0 Å². The summed E-state index contributed by atoms with van der Waals surface area (Å²) in [5, 5.41) is 6.55. The standard InChI is InChI=1S/C23H32N4OS/c1-2-24-23(25-14-17-29(28)22-8-4-3-5-9-22)26-18-20-10-12-21(13-11-20)19-27-15-6-7-16-27/h3-5,8-13H,2,6-7,14-19H2,1H3,(H2,24,25,26). The van der Waals surface area contributed by atoms with Crippen LogP contribution in [0.4, 0.5) is 0 Å². The summed E-state index contributed by atoms with van der Waals surface area (Å²) >= 11 is 0. The highest BCUT2D eigenvalue weighted by molar-refractivity contribution is 7.85. The Bertz CT molecular complexity index is 786. The molecule has 1 aliphatic rings. The molecule has 0 aromatic heterocycles. The van der Waals surface area contributed by atoms with Gasteiger partial charge >= 0.3 is 0 Å². The number of nitrogens with zero attached hydrogens (tertiary/aromatic N) is 2. The zero-order chi connectivity index (χ0) is 20.3. The lowest BCUT2D eigenvalue weighted by Crippen LogP contribution is -2.39.